The summed E-state index contributed by atoms with van der Waals surface area (Å²) in [6.45, 7) is 0.875. The zero-order chi connectivity index (χ0) is 14.1. The number of pyridine rings is 2. The van der Waals surface area contributed by atoms with Crippen LogP contribution < -0.4 is 4.57 Å². The summed E-state index contributed by atoms with van der Waals surface area (Å²) < 4.78 is 6.86. The summed E-state index contributed by atoms with van der Waals surface area (Å²) in [7, 11) is 4.23. The molecule has 0 unspecified atom stereocenters. The lowest BCUT2D eigenvalue weighted by Gasteiger charge is -1.97. The van der Waals surface area contributed by atoms with Gasteiger partial charge in [-0.1, -0.05) is 0 Å². The van der Waals surface area contributed by atoms with Crippen molar-refractivity contribution in [2.24, 2.45) is 14.1 Å². The van der Waals surface area contributed by atoms with E-state index in [1.54, 1.807) is 0 Å². The Hall–Kier alpha value is -2.69. The number of nitrogens with zero attached hydrogens (tertiary/aromatic N) is 5. The molecule has 0 bridgehead atoms. The SMILES string of the molecule is Cn1c2[n+](c3c1c1ncccc1n3C)Cc1cnccc1-2. The molecule has 102 valence electrons. The van der Waals surface area contributed by atoms with Gasteiger partial charge in [0.2, 0.25) is 11.3 Å². The van der Waals surface area contributed by atoms with Gasteiger partial charge in [-0.15, -0.1) is 0 Å². The lowest BCUT2D eigenvalue weighted by atomic mass is 10.2. The summed E-state index contributed by atoms with van der Waals surface area (Å²) in [6, 6.07) is 6.21. The molecule has 0 aliphatic carbocycles. The first-order valence-corrected chi connectivity index (χ1v) is 7.02. The minimum Gasteiger partial charge on any atom is -0.264 e. The lowest BCUT2D eigenvalue weighted by Crippen LogP contribution is -2.33. The van der Waals surface area contributed by atoms with Gasteiger partial charge in [0.15, 0.2) is 0 Å². The lowest BCUT2D eigenvalue weighted by molar-refractivity contribution is -0.648. The van der Waals surface area contributed by atoms with E-state index in [0.29, 0.717) is 0 Å². The second-order valence-electron chi connectivity index (χ2n) is 5.60. The molecule has 21 heavy (non-hydrogen) atoms. The van der Waals surface area contributed by atoms with Crippen molar-refractivity contribution in [1.29, 1.82) is 0 Å². The van der Waals surface area contributed by atoms with Gasteiger partial charge < -0.3 is 0 Å². The van der Waals surface area contributed by atoms with Crippen LogP contribution in [0.3, 0.4) is 0 Å². The average molecular weight is 276 g/mol. The molecule has 0 saturated carbocycles. The minimum absolute atomic E-state index is 0.875. The Kier molecular flexibility index (Phi) is 1.83. The topological polar surface area (TPSA) is 39.5 Å². The number of hydrogen-bond donors (Lipinski definition) is 0. The van der Waals surface area contributed by atoms with Gasteiger partial charge in [-0.3, -0.25) is 14.1 Å². The Morgan fingerprint density at radius 3 is 2.95 bits per heavy atom. The van der Waals surface area contributed by atoms with Crippen LogP contribution in [0.2, 0.25) is 0 Å². The van der Waals surface area contributed by atoms with Crippen LogP contribution >= 0.6 is 0 Å². The highest BCUT2D eigenvalue weighted by Crippen LogP contribution is 2.33. The zero-order valence-corrected chi connectivity index (χ0v) is 11.9. The van der Waals surface area contributed by atoms with Crippen molar-refractivity contribution in [3.63, 3.8) is 0 Å². The molecule has 4 aromatic rings. The molecule has 0 spiro atoms. The summed E-state index contributed by atoms with van der Waals surface area (Å²) in [6.07, 6.45) is 5.69. The largest absolute Gasteiger partial charge is 0.271 e. The van der Waals surface area contributed by atoms with Crippen molar-refractivity contribution in [3.8, 4) is 11.4 Å². The highest BCUT2D eigenvalue weighted by Gasteiger charge is 2.34. The monoisotopic (exact) mass is 276 g/mol. The summed E-state index contributed by atoms with van der Waals surface area (Å²) in [5.74, 6) is 1.24. The van der Waals surface area contributed by atoms with Gasteiger partial charge in [-0.25, -0.2) is 9.55 Å². The molecule has 1 aliphatic rings. The maximum Gasteiger partial charge on any atom is 0.271 e. The van der Waals surface area contributed by atoms with E-state index in [0.717, 1.165) is 12.1 Å². The van der Waals surface area contributed by atoms with Gasteiger partial charge in [0, 0.05) is 24.2 Å². The van der Waals surface area contributed by atoms with E-state index >= 15 is 0 Å². The van der Waals surface area contributed by atoms with Gasteiger partial charge in [0.1, 0.15) is 11.0 Å². The Balaban J connectivity index is 2.02. The van der Waals surface area contributed by atoms with E-state index in [4.69, 9.17) is 0 Å². The van der Waals surface area contributed by atoms with E-state index in [2.05, 4.69) is 49.9 Å². The highest BCUT2D eigenvalue weighted by atomic mass is 15.2. The summed E-state index contributed by atoms with van der Waals surface area (Å²) >= 11 is 0. The third kappa shape index (κ3) is 1.15. The molecule has 5 rings (SSSR count). The maximum absolute atomic E-state index is 4.59. The number of imidazole rings is 1. The number of hydrogen-bond acceptors (Lipinski definition) is 2. The number of aromatic nitrogens is 5. The van der Waals surface area contributed by atoms with Crippen LogP contribution in [0.25, 0.3) is 33.6 Å². The fraction of sp³-hybridized carbons (Fsp3) is 0.188. The first kappa shape index (κ1) is 11.0. The van der Waals surface area contributed by atoms with Crippen molar-refractivity contribution < 1.29 is 4.57 Å². The Morgan fingerprint density at radius 1 is 1.14 bits per heavy atom. The van der Waals surface area contributed by atoms with Gasteiger partial charge >= 0.3 is 0 Å². The van der Waals surface area contributed by atoms with E-state index in [1.807, 2.05) is 24.7 Å². The van der Waals surface area contributed by atoms with Crippen molar-refractivity contribution >= 4 is 22.2 Å². The predicted octanol–water partition coefficient (Wildman–Crippen LogP) is 1.78. The molecule has 0 saturated heterocycles. The molecule has 5 heteroatoms. The van der Waals surface area contributed by atoms with E-state index in [9.17, 15) is 0 Å². The molecule has 0 N–H and O–H groups in total. The first-order chi connectivity index (χ1) is 10.3. The fourth-order valence-corrected chi connectivity index (χ4v) is 3.65. The van der Waals surface area contributed by atoms with Crippen LogP contribution in [-0.4, -0.2) is 19.1 Å². The van der Waals surface area contributed by atoms with Crippen LogP contribution in [0.1, 0.15) is 5.56 Å². The Labute approximate surface area is 121 Å². The number of rotatable bonds is 0. The van der Waals surface area contributed by atoms with Crippen molar-refractivity contribution in [3.05, 3.63) is 42.4 Å². The summed E-state index contributed by atoms with van der Waals surface area (Å²) in [5.41, 5.74) is 7.21. The first-order valence-electron chi connectivity index (χ1n) is 7.02. The van der Waals surface area contributed by atoms with Gasteiger partial charge in [-0.05, 0) is 18.2 Å². The molecule has 0 fully saturated rings. The molecule has 1 aliphatic heterocycles. The molecule has 0 aromatic carbocycles. The standard InChI is InChI=1S/C16H14N5/c1-19-12-4-3-6-18-13(12)14-16(19)21-9-10-8-17-7-5-11(10)15(21)20(14)2/h3-8H,9H2,1-2H3/q+1. The molecular formula is C16H14N5+. The Bertz CT molecular complexity index is 1040. The second kappa shape index (κ2) is 3.49. The third-order valence-electron chi connectivity index (χ3n) is 4.54. The van der Waals surface area contributed by atoms with Crippen LogP contribution in [0, 0.1) is 0 Å². The van der Waals surface area contributed by atoms with Crippen molar-refractivity contribution in [2.45, 2.75) is 6.54 Å². The van der Waals surface area contributed by atoms with Gasteiger partial charge in [-0.2, -0.15) is 0 Å². The molecule has 5 nitrogen and oxygen atoms in total. The van der Waals surface area contributed by atoms with Crippen molar-refractivity contribution in [2.75, 3.05) is 0 Å². The van der Waals surface area contributed by atoms with Crippen molar-refractivity contribution in [1.82, 2.24) is 19.1 Å². The smallest absolute Gasteiger partial charge is 0.264 e. The molecule has 5 heterocycles. The van der Waals surface area contributed by atoms with E-state index in [1.165, 1.54) is 33.6 Å². The fourth-order valence-electron chi connectivity index (χ4n) is 3.65. The average Bonchev–Trinajstić information content (AvgIpc) is 3.11. The molecular weight excluding hydrogens is 262 g/mol. The predicted molar refractivity (Wildman–Crippen MR) is 79.7 cm³/mol. The maximum atomic E-state index is 4.59. The minimum atomic E-state index is 0.875. The normalized spacial score (nSPS) is 13.0. The van der Waals surface area contributed by atoms with E-state index < -0.39 is 0 Å². The second-order valence-corrected chi connectivity index (χ2v) is 5.60. The highest BCUT2D eigenvalue weighted by molar-refractivity contribution is 6.02. The molecule has 0 atom stereocenters. The molecule has 0 amide bonds. The van der Waals surface area contributed by atoms with Gasteiger partial charge in [0.25, 0.3) is 5.65 Å². The Morgan fingerprint density at radius 2 is 2.05 bits per heavy atom. The summed E-state index contributed by atoms with van der Waals surface area (Å²) in [4.78, 5) is 8.84. The van der Waals surface area contributed by atoms with Crippen LogP contribution in [0.5, 0.6) is 0 Å². The number of fused-ring (bicyclic) bond motifs is 7. The van der Waals surface area contributed by atoms with E-state index in [-0.39, 0.29) is 0 Å². The molecule has 0 radical (unpaired) electrons. The quantitative estimate of drug-likeness (QED) is 0.404. The van der Waals surface area contributed by atoms with Crippen LogP contribution in [-0.2, 0) is 20.6 Å². The molecule has 4 aromatic heterocycles. The summed E-state index contributed by atoms with van der Waals surface area (Å²) in [5, 5.41) is 0. The third-order valence-corrected chi connectivity index (χ3v) is 4.54. The van der Waals surface area contributed by atoms with Gasteiger partial charge in [0.05, 0.1) is 26.2 Å². The van der Waals surface area contributed by atoms with Crippen LogP contribution in [0.4, 0.5) is 0 Å². The number of aryl methyl sites for hydroxylation is 2. The zero-order valence-electron chi connectivity index (χ0n) is 11.9. The van der Waals surface area contributed by atoms with Crippen LogP contribution in [0.15, 0.2) is 36.8 Å².